The highest BCUT2D eigenvalue weighted by Gasteiger charge is 2.73. The summed E-state index contributed by atoms with van der Waals surface area (Å²) in [6.07, 6.45) is 10.6. The lowest BCUT2D eigenvalue weighted by Gasteiger charge is -2.42. The highest BCUT2D eigenvalue weighted by atomic mass is 16.5. The molecule has 6 rings (SSSR count). The SMILES string of the molecule is Cc1ccc(NC(=O)C2[C@@H]3C=CC4(O3)C(C(=O)NC3CCCC(C)C3C)N(C3CCCCC3C)C(=O)[C@H]24)cc1C. The van der Waals surface area contributed by atoms with Crippen molar-refractivity contribution in [1.82, 2.24) is 10.2 Å². The molecule has 1 spiro atoms. The first-order valence-electron chi connectivity index (χ1n) is 15.5. The molecule has 3 aliphatic heterocycles. The summed E-state index contributed by atoms with van der Waals surface area (Å²) in [6.45, 7) is 10.7. The molecule has 7 heteroatoms. The van der Waals surface area contributed by atoms with E-state index in [2.05, 4.69) is 31.4 Å². The summed E-state index contributed by atoms with van der Waals surface area (Å²) >= 11 is 0. The average molecular weight is 548 g/mol. The Balaban J connectivity index is 1.33. The number of benzene rings is 1. The van der Waals surface area contributed by atoms with Crippen LogP contribution in [-0.4, -0.2) is 52.5 Å². The van der Waals surface area contributed by atoms with E-state index in [0.717, 1.165) is 49.7 Å². The number of fused-ring (bicyclic) bond motifs is 1. The van der Waals surface area contributed by atoms with Crippen LogP contribution >= 0.6 is 0 Å². The molecule has 216 valence electrons. The summed E-state index contributed by atoms with van der Waals surface area (Å²) < 4.78 is 6.60. The summed E-state index contributed by atoms with van der Waals surface area (Å²) in [4.78, 5) is 44.4. The molecule has 0 radical (unpaired) electrons. The molecule has 2 N–H and O–H groups in total. The fourth-order valence-corrected chi connectivity index (χ4v) is 8.37. The van der Waals surface area contributed by atoms with E-state index >= 15 is 0 Å². The van der Waals surface area contributed by atoms with Gasteiger partial charge in [0, 0.05) is 17.8 Å². The van der Waals surface area contributed by atoms with E-state index in [-0.39, 0.29) is 29.8 Å². The Morgan fingerprint density at radius 3 is 2.45 bits per heavy atom. The molecule has 0 aromatic heterocycles. The molecule has 1 aromatic carbocycles. The summed E-state index contributed by atoms with van der Waals surface area (Å²) in [6, 6.07) is 5.14. The topological polar surface area (TPSA) is 87.7 Å². The van der Waals surface area contributed by atoms with Crippen LogP contribution in [0.2, 0.25) is 0 Å². The van der Waals surface area contributed by atoms with Crippen molar-refractivity contribution in [3.8, 4) is 0 Å². The second-order valence-electron chi connectivity index (χ2n) is 13.4. The number of aryl methyl sites for hydroxylation is 2. The zero-order chi connectivity index (χ0) is 28.3. The maximum absolute atomic E-state index is 14.5. The minimum absolute atomic E-state index is 0.0285. The number of likely N-dealkylation sites (tertiary alicyclic amines) is 1. The number of ether oxygens (including phenoxy) is 1. The Morgan fingerprint density at radius 2 is 1.70 bits per heavy atom. The Morgan fingerprint density at radius 1 is 0.950 bits per heavy atom. The fourth-order valence-electron chi connectivity index (χ4n) is 8.37. The highest BCUT2D eigenvalue weighted by molar-refractivity contribution is 6.03. The van der Waals surface area contributed by atoms with E-state index in [1.54, 1.807) is 0 Å². The number of anilines is 1. The number of amides is 3. The molecule has 7 nitrogen and oxygen atoms in total. The minimum Gasteiger partial charge on any atom is -0.359 e. The van der Waals surface area contributed by atoms with Gasteiger partial charge in [-0.2, -0.15) is 0 Å². The van der Waals surface area contributed by atoms with Crippen molar-refractivity contribution in [3.63, 3.8) is 0 Å². The van der Waals surface area contributed by atoms with Gasteiger partial charge in [0.15, 0.2) is 0 Å². The molecule has 2 aliphatic carbocycles. The molecule has 3 amide bonds. The van der Waals surface area contributed by atoms with E-state index in [0.29, 0.717) is 23.4 Å². The Kier molecular flexibility index (Phi) is 7.09. The first kappa shape index (κ1) is 27.5. The van der Waals surface area contributed by atoms with Crippen molar-refractivity contribution in [2.75, 3.05) is 5.32 Å². The van der Waals surface area contributed by atoms with Crippen molar-refractivity contribution < 1.29 is 19.1 Å². The van der Waals surface area contributed by atoms with Crippen molar-refractivity contribution in [2.45, 2.75) is 109 Å². The Hall–Kier alpha value is -2.67. The molecule has 1 aromatic rings. The lowest BCUT2D eigenvalue weighted by atomic mass is 9.73. The average Bonchev–Trinajstić information content (AvgIpc) is 3.56. The van der Waals surface area contributed by atoms with Crippen molar-refractivity contribution >= 4 is 23.4 Å². The van der Waals surface area contributed by atoms with Gasteiger partial charge in [0.2, 0.25) is 17.7 Å². The van der Waals surface area contributed by atoms with Gasteiger partial charge in [0.25, 0.3) is 0 Å². The van der Waals surface area contributed by atoms with Gasteiger partial charge in [-0.25, -0.2) is 0 Å². The number of hydrogen-bond acceptors (Lipinski definition) is 4. The maximum atomic E-state index is 14.5. The van der Waals surface area contributed by atoms with E-state index in [1.165, 1.54) is 6.42 Å². The summed E-state index contributed by atoms with van der Waals surface area (Å²) in [5.74, 6) is -0.615. The van der Waals surface area contributed by atoms with Crippen LogP contribution in [-0.2, 0) is 19.1 Å². The minimum atomic E-state index is -1.11. The van der Waals surface area contributed by atoms with E-state index in [1.807, 2.05) is 49.1 Å². The standard InChI is InChI=1S/C33H45N3O4/c1-18-13-14-23(17-21(18)4)34-30(37)27-26-15-16-33(40-26)28(27)32(39)36(25-12-7-6-9-20(25)3)29(33)31(38)35-24-11-8-10-19(2)22(24)5/h13-17,19-20,22,24-29H,6-12H2,1-5H3,(H,34,37)(H,35,38)/t19?,20?,22?,24?,25?,26-,27?,28-,29?,33?/m0/s1. The van der Waals surface area contributed by atoms with Gasteiger partial charge in [-0.15, -0.1) is 0 Å². The van der Waals surface area contributed by atoms with Gasteiger partial charge in [0.1, 0.15) is 11.6 Å². The van der Waals surface area contributed by atoms with Gasteiger partial charge in [0.05, 0.1) is 17.9 Å². The number of rotatable bonds is 5. The lowest BCUT2D eigenvalue weighted by Crippen LogP contribution is -2.60. The quantitative estimate of drug-likeness (QED) is 0.513. The molecule has 2 saturated heterocycles. The predicted octanol–water partition coefficient (Wildman–Crippen LogP) is 4.91. The van der Waals surface area contributed by atoms with Crippen molar-refractivity contribution in [1.29, 1.82) is 0 Å². The third kappa shape index (κ3) is 4.31. The predicted molar refractivity (Wildman–Crippen MR) is 154 cm³/mol. The van der Waals surface area contributed by atoms with Crippen LogP contribution in [0.3, 0.4) is 0 Å². The molecule has 10 atom stereocenters. The molecule has 8 unspecified atom stereocenters. The first-order chi connectivity index (χ1) is 19.1. The van der Waals surface area contributed by atoms with Crippen LogP contribution in [0.5, 0.6) is 0 Å². The summed E-state index contributed by atoms with van der Waals surface area (Å²) in [5, 5.41) is 6.45. The van der Waals surface area contributed by atoms with Crippen LogP contribution in [0, 0.1) is 43.4 Å². The highest BCUT2D eigenvalue weighted by Crippen LogP contribution is 2.56. The smallest absolute Gasteiger partial charge is 0.246 e. The number of nitrogens with zero attached hydrogens (tertiary/aromatic N) is 1. The number of hydrogen-bond donors (Lipinski definition) is 2. The molecule has 2 bridgehead atoms. The molecule has 3 heterocycles. The second kappa shape index (κ2) is 10.3. The largest absolute Gasteiger partial charge is 0.359 e. The number of carbonyl (C=O) groups excluding carboxylic acids is 3. The summed E-state index contributed by atoms with van der Waals surface area (Å²) in [5.41, 5.74) is 1.85. The van der Waals surface area contributed by atoms with Crippen molar-refractivity contribution in [3.05, 3.63) is 41.5 Å². The molecule has 40 heavy (non-hydrogen) atoms. The molecule has 2 saturated carbocycles. The van der Waals surface area contributed by atoms with E-state index in [4.69, 9.17) is 4.74 Å². The van der Waals surface area contributed by atoms with Crippen LogP contribution in [0.1, 0.15) is 76.8 Å². The fraction of sp³-hybridized carbons (Fsp3) is 0.667. The second-order valence-corrected chi connectivity index (χ2v) is 13.4. The molecular formula is C33H45N3O4. The summed E-state index contributed by atoms with van der Waals surface area (Å²) in [7, 11) is 0. The van der Waals surface area contributed by atoms with Gasteiger partial charge in [-0.3, -0.25) is 14.4 Å². The number of nitrogens with one attached hydrogen (secondary N) is 2. The van der Waals surface area contributed by atoms with Gasteiger partial charge >= 0.3 is 0 Å². The van der Waals surface area contributed by atoms with Gasteiger partial charge in [-0.1, -0.05) is 64.7 Å². The zero-order valence-corrected chi connectivity index (χ0v) is 24.6. The monoisotopic (exact) mass is 547 g/mol. The van der Waals surface area contributed by atoms with E-state index < -0.39 is 29.6 Å². The van der Waals surface area contributed by atoms with Crippen LogP contribution in [0.15, 0.2) is 30.4 Å². The first-order valence-corrected chi connectivity index (χ1v) is 15.5. The van der Waals surface area contributed by atoms with Crippen LogP contribution in [0.25, 0.3) is 0 Å². The lowest BCUT2D eigenvalue weighted by molar-refractivity contribution is -0.146. The Labute approximate surface area is 238 Å². The molecule has 5 aliphatic rings. The normalized spacial score (nSPS) is 40.3. The van der Waals surface area contributed by atoms with Gasteiger partial charge in [-0.05, 0) is 74.1 Å². The molecule has 4 fully saturated rings. The maximum Gasteiger partial charge on any atom is 0.246 e. The Bertz CT molecular complexity index is 1230. The molecular weight excluding hydrogens is 502 g/mol. The third-order valence-corrected chi connectivity index (χ3v) is 11.1. The van der Waals surface area contributed by atoms with E-state index in [9.17, 15) is 14.4 Å². The van der Waals surface area contributed by atoms with Crippen molar-refractivity contribution in [2.24, 2.45) is 29.6 Å². The van der Waals surface area contributed by atoms with Gasteiger partial charge < -0.3 is 20.3 Å². The number of carbonyl (C=O) groups is 3. The zero-order valence-electron chi connectivity index (χ0n) is 24.6. The van der Waals surface area contributed by atoms with Crippen LogP contribution < -0.4 is 10.6 Å². The van der Waals surface area contributed by atoms with Crippen LogP contribution in [0.4, 0.5) is 5.69 Å². The third-order valence-electron chi connectivity index (χ3n) is 11.1.